The van der Waals surface area contributed by atoms with Gasteiger partial charge in [0.15, 0.2) is 0 Å². The number of benzene rings is 2. The Morgan fingerprint density at radius 1 is 1.06 bits per heavy atom. The van der Waals surface area contributed by atoms with Crippen molar-refractivity contribution in [2.45, 2.75) is 39.2 Å². The van der Waals surface area contributed by atoms with E-state index in [4.69, 9.17) is 27.9 Å². The van der Waals surface area contributed by atoms with Crippen LogP contribution in [0.25, 0.3) is 0 Å². The predicted octanol–water partition coefficient (Wildman–Crippen LogP) is 6.22. The Balaban J connectivity index is 1.56. The second kappa shape index (κ2) is 9.88. The molecule has 182 valence electrons. The van der Waals surface area contributed by atoms with Gasteiger partial charge >= 0.3 is 0 Å². The van der Waals surface area contributed by atoms with Crippen LogP contribution in [0.1, 0.15) is 65.7 Å². The molecule has 2 aromatic carbocycles. The van der Waals surface area contributed by atoms with Crippen molar-refractivity contribution in [3.8, 4) is 5.88 Å². The maximum absolute atomic E-state index is 13.1. The van der Waals surface area contributed by atoms with Crippen LogP contribution < -0.4 is 15.0 Å². The fourth-order valence-corrected chi connectivity index (χ4v) is 4.39. The van der Waals surface area contributed by atoms with Crippen LogP contribution in [0.4, 0.5) is 5.69 Å². The summed E-state index contributed by atoms with van der Waals surface area (Å²) in [6.45, 7) is 8.69. The largest absolute Gasteiger partial charge is 0.474 e. The fraction of sp³-hybridized carbons (Fsp3) is 0.296. The number of nitrogens with zero attached hydrogens (tertiary/aromatic N) is 2. The quantitative estimate of drug-likeness (QED) is 0.451. The molecule has 0 radical (unpaired) electrons. The molecule has 2 heterocycles. The molecule has 0 spiro atoms. The van der Waals surface area contributed by atoms with E-state index in [-0.39, 0.29) is 23.3 Å². The highest BCUT2D eigenvalue weighted by Gasteiger charge is 2.28. The first-order valence-electron chi connectivity index (χ1n) is 11.4. The first-order valence-corrected chi connectivity index (χ1v) is 12.1. The average molecular weight is 512 g/mol. The van der Waals surface area contributed by atoms with E-state index in [1.165, 1.54) is 0 Å². The third kappa shape index (κ3) is 5.44. The maximum Gasteiger partial charge on any atom is 0.258 e. The maximum atomic E-state index is 13.1. The van der Waals surface area contributed by atoms with E-state index >= 15 is 0 Å². The van der Waals surface area contributed by atoms with Crippen molar-refractivity contribution in [1.82, 2.24) is 10.3 Å². The number of anilines is 1. The number of ether oxygens (including phenoxy) is 1. The zero-order chi connectivity index (χ0) is 25.3. The number of carbonyl (C=O) groups excluding carboxylic acids is 2. The van der Waals surface area contributed by atoms with E-state index in [1.54, 1.807) is 53.4 Å². The molecule has 6 nitrogen and oxygen atoms in total. The number of hydrogen-bond donors (Lipinski definition) is 1. The first kappa shape index (κ1) is 25.0. The van der Waals surface area contributed by atoms with Crippen LogP contribution in [0.15, 0.2) is 54.6 Å². The number of halogens is 2. The number of aromatic nitrogens is 1. The monoisotopic (exact) mass is 511 g/mol. The van der Waals surface area contributed by atoms with Crippen molar-refractivity contribution in [2.75, 3.05) is 18.1 Å². The van der Waals surface area contributed by atoms with Crippen molar-refractivity contribution in [2.24, 2.45) is 0 Å². The first-order chi connectivity index (χ1) is 16.5. The molecule has 0 fully saturated rings. The minimum absolute atomic E-state index is 0.176. The third-order valence-corrected chi connectivity index (χ3v) is 6.32. The Morgan fingerprint density at radius 3 is 2.51 bits per heavy atom. The van der Waals surface area contributed by atoms with Gasteiger partial charge in [-0.2, -0.15) is 0 Å². The smallest absolute Gasteiger partial charge is 0.258 e. The second-order valence-electron chi connectivity index (χ2n) is 9.51. The molecule has 0 saturated heterocycles. The van der Waals surface area contributed by atoms with Gasteiger partial charge in [-0.05, 0) is 66.4 Å². The van der Waals surface area contributed by atoms with Gasteiger partial charge in [-0.3, -0.25) is 9.59 Å². The number of amides is 2. The number of pyridine rings is 1. The Morgan fingerprint density at radius 2 is 1.80 bits per heavy atom. The van der Waals surface area contributed by atoms with Crippen LogP contribution in [0, 0.1) is 0 Å². The molecule has 0 saturated carbocycles. The zero-order valence-corrected chi connectivity index (χ0v) is 21.6. The summed E-state index contributed by atoms with van der Waals surface area (Å²) < 4.78 is 5.76. The van der Waals surface area contributed by atoms with E-state index in [0.717, 1.165) is 5.56 Å². The summed E-state index contributed by atoms with van der Waals surface area (Å²) in [5.41, 5.74) is 2.88. The minimum atomic E-state index is -0.390. The predicted molar refractivity (Wildman–Crippen MR) is 139 cm³/mol. The Bertz CT molecular complexity index is 1290. The van der Waals surface area contributed by atoms with Gasteiger partial charge in [0.1, 0.15) is 12.3 Å². The molecule has 0 bridgehead atoms. The molecular weight excluding hydrogens is 485 g/mol. The molecule has 1 aromatic heterocycles. The van der Waals surface area contributed by atoms with E-state index in [0.29, 0.717) is 51.6 Å². The lowest BCUT2D eigenvalue weighted by atomic mass is 9.83. The lowest BCUT2D eigenvalue weighted by Gasteiger charge is -2.29. The van der Waals surface area contributed by atoms with Crippen LogP contribution in [0.3, 0.4) is 0 Å². The van der Waals surface area contributed by atoms with E-state index < -0.39 is 0 Å². The van der Waals surface area contributed by atoms with E-state index in [1.807, 2.05) is 33.8 Å². The van der Waals surface area contributed by atoms with Crippen molar-refractivity contribution in [3.63, 3.8) is 0 Å². The van der Waals surface area contributed by atoms with Crippen LogP contribution in [0.2, 0.25) is 10.0 Å². The summed E-state index contributed by atoms with van der Waals surface area (Å²) in [7, 11) is 0. The van der Waals surface area contributed by atoms with Gasteiger partial charge < -0.3 is 15.0 Å². The summed E-state index contributed by atoms with van der Waals surface area (Å²) in [5, 5.41) is 4.11. The van der Waals surface area contributed by atoms with Crippen LogP contribution in [-0.4, -0.2) is 29.9 Å². The Hall–Kier alpha value is -3.09. The summed E-state index contributed by atoms with van der Waals surface area (Å²) in [6, 6.07) is 15.3. The minimum Gasteiger partial charge on any atom is -0.474 e. The fourth-order valence-electron chi connectivity index (χ4n) is 4.03. The van der Waals surface area contributed by atoms with Gasteiger partial charge in [0.2, 0.25) is 5.88 Å². The molecule has 35 heavy (non-hydrogen) atoms. The van der Waals surface area contributed by atoms with Crippen molar-refractivity contribution >= 4 is 40.7 Å². The van der Waals surface area contributed by atoms with Gasteiger partial charge in [0, 0.05) is 21.2 Å². The van der Waals surface area contributed by atoms with Crippen molar-refractivity contribution in [1.29, 1.82) is 0 Å². The number of carbonyl (C=O) groups is 2. The van der Waals surface area contributed by atoms with Gasteiger partial charge in [0.25, 0.3) is 11.8 Å². The van der Waals surface area contributed by atoms with Gasteiger partial charge in [0.05, 0.1) is 18.3 Å². The normalized spacial score (nSPS) is 14.1. The molecular formula is C27H27Cl2N3O3. The standard InChI is InChI=1S/C27H27Cl2N3O3/c1-16(30-24(33)20-9-8-19(29)15-21(20)27(2,3)4)22-10-11-23-25(31-22)35-13-12-32(23)26(34)17-6-5-7-18(28)14-17/h5-11,14-16H,12-13H2,1-4H3,(H,30,33). The SMILES string of the molecule is CC(NC(=O)c1ccc(Cl)cc1C(C)(C)C)c1ccc2c(n1)OCCN2C(=O)c1cccc(Cl)c1. The zero-order valence-electron chi connectivity index (χ0n) is 20.1. The molecule has 1 unspecified atom stereocenters. The van der Waals surface area contributed by atoms with Gasteiger partial charge in [-0.1, -0.05) is 50.0 Å². The van der Waals surface area contributed by atoms with E-state index in [2.05, 4.69) is 10.3 Å². The highest BCUT2D eigenvalue weighted by molar-refractivity contribution is 6.31. The Kier molecular flexibility index (Phi) is 7.06. The summed E-state index contributed by atoms with van der Waals surface area (Å²) in [4.78, 5) is 32.5. The summed E-state index contributed by atoms with van der Waals surface area (Å²) in [5.74, 6) is -0.0326. The Labute approximate surface area is 215 Å². The molecule has 0 aliphatic carbocycles. The molecule has 2 amide bonds. The van der Waals surface area contributed by atoms with Crippen LogP contribution in [-0.2, 0) is 5.41 Å². The number of rotatable bonds is 4. The van der Waals surface area contributed by atoms with Crippen molar-refractivity contribution in [3.05, 3.63) is 87.0 Å². The van der Waals surface area contributed by atoms with Gasteiger partial charge in [-0.25, -0.2) is 4.98 Å². The molecule has 1 aliphatic heterocycles. The van der Waals surface area contributed by atoms with Crippen LogP contribution in [0.5, 0.6) is 5.88 Å². The van der Waals surface area contributed by atoms with E-state index in [9.17, 15) is 9.59 Å². The topological polar surface area (TPSA) is 71.5 Å². The molecule has 1 N–H and O–H groups in total. The van der Waals surface area contributed by atoms with Gasteiger partial charge in [-0.15, -0.1) is 0 Å². The number of nitrogens with one attached hydrogen (secondary N) is 1. The lowest BCUT2D eigenvalue weighted by Crippen LogP contribution is -2.38. The third-order valence-electron chi connectivity index (χ3n) is 5.85. The van der Waals surface area contributed by atoms with Crippen LogP contribution >= 0.6 is 23.2 Å². The van der Waals surface area contributed by atoms with Crippen molar-refractivity contribution < 1.29 is 14.3 Å². The summed E-state index contributed by atoms with van der Waals surface area (Å²) in [6.07, 6.45) is 0. The molecule has 8 heteroatoms. The second-order valence-corrected chi connectivity index (χ2v) is 10.4. The molecule has 1 aliphatic rings. The molecule has 1 atom stereocenters. The number of hydrogen-bond acceptors (Lipinski definition) is 4. The molecule has 4 rings (SSSR count). The molecule has 3 aromatic rings. The lowest BCUT2D eigenvalue weighted by molar-refractivity contribution is 0.0936. The summed E-state index contributed by atoms with van der Waals surface area (Å²) >= 11 is 12.3. The highest BCUT2D eigenvalue weighted by atomic mass is 35.5. The number of fused-ring (bicyclic) bond motifs is 1. The average Bonchev–Trinajstić information content (AvgIpc) is 2.82. The highest BCUT2D eigenvalue weighted by Crippen LogP contribution is 2.33.